The number of aromatic nitrogens is 1. The summed E-state index contributed by atoms with van der Waals surface area (Å²) in [4.78, 5) is 14.9. The quantitative estimate of drug-likeness (QED) is 0.892. The van der Waals surface area contributed by atoms with E-state index in [9.17, 15) is 23.1 Å². The molecule has 0 spiro atoms. The van der Waals surface area contributed by atoms with Crippen LogP contribution in [-0.2, 0) is 6.18 Å². The molecule has 0 fully saturated rings. The molecule has 2 rings (SSSR count). The monoisotopic (exact) mass is 288 g/mol. The summed E-state index contributed by atoms with van der Waals surface area (Å²) < 4.78 is 37.0. The van der Waals surface area contributed by atoms with E-state index in [0.29, 0.717) is 11.3 Å². The maximum Gasteiger partial charge on any atom is 0.443 e. The van der Waals surface area contributed by atoms with Gasteiger partial charge in [0.15, 0.2) is 5.01 Å². The minimum atomic E-state index is -4.54. The summed E-state index contributed by atoms with van der Waals surface area (Å²) in [5.74, 6) is -0.948. The molecule has 1 aromatic carbocycles. The number of phenolic OH excluding ortho intramolecular Hbond substituents is 1. The molecule has 4 nitrogen and oxygen atoms in total. The Kier molecular flexibility index (Phi) is 3.43. The maximum absolute atomic E-state index is 12.3. The van der Waals surface area contributed by atoms with Gasteiger partial charge in [-0.2, -0.15) is 13.2 Å². The lowest BCUT2D eigenvalue weighted by atomic mass is 10.2. The van der Waals surface area contributed by atoms with E-state index in [1.807, 2.05) is 0 Å². The van der Waals surface area contributed by atoms with Crippen LogP contribution in [0.3, 0.4) is 0 Å². The zero-order valence-corrected chi connectivity index (χ0v) is 10.0. The largest absolute Gasteiger partial charge is 0.507 e. The van der Waals surface area contributed by atoms with Crippen LogP contribution in [0.15, 0.2) is 30.5 Å². The van der Waals surface area contributed by atoms with Crippen LogP contribution in [-0.4, -0.2) is 16.0 Å². The highest BCUT2D eigenvalue weighted by Crippen LogP contribution is 2.34. The molecule has 0 unspecified atom stereocenters. The number of carbonyl (C=O) groups is 1. The number of benzene rings is 1. The molecule has 8 heteroatoms. The van der Waals surface area contributed by atoms with Crippen molar-refractivity contribution in [1.82, 2.24) is 4.98 Å². The normalized spacial score (nSPS) is 11.3. The highest BCUT2D eigenvalue weighted by molar-refractivity contribution is 7.16. The van der Waals surface area contributed by atoms with Gasteiger partial charge in [0, 0.05) is 0 Å². The summed E-state index contributed by atoms with van der Waals surface area (Å²) in [5.41, 5.74) is -0.0236. The number of nitrogens with one attached hydrogen (secondary N) is 1. The molecule has 0 saturated carbocycles. The lowest BCUT2D eigenvalue weighted by Gasteiger charge is -2.04. The molecule has 0 aliphatic carbocycles. The van der Waals surface area contributed by atoms with Gasteiger partial charge in [-0.1, -0.05) is 23.5 Å². The first kappa shape index (κ1) is 13.3. The third kappa shape index (κ3) is 3.02. The van der Waals surface area contributed by atoms with Crippen molar-refractivity contribution in [2.75, 3.05) is 5.32 Å². The molecule has 2 N–H and O–H groups in total. The summed E-state index contributed by atoms with van der Waals surface area (Å²) in [7, 11) is 0. The highest BCUT2D eigenvalue weighted by Gasteiger charge is 2.34. The van der Waals surface area contributed by atoms with Gasteiger partial charge in [0.05, 0.1) is 11.8 Å². The molecular weight excluding hydrogens is 281 g/mol. The van der Waals surface area contributed by atoms with Crippen LogP contribution < -0.4 is 5.32 Å². The van der Waals surface area contributed by atoms with E-state index in [0.717, 1.165) is 6.20 Å². The van der Waals surface area contributed by atoms with E-state index < -0.39 is 17.1 Å². The number of anilines is 1. The van der Waals surface area contributed by atoms with Crippen molar-refractivity contribution in [3.63, 3.8) is 0 Å². The molecular formula is C11H7F3N2O2S. The number of thiazole rings is 1. The highest BCUT2D eigenvalue weighted by atomic mass is 32.1. The lowest BCUT2D eigenvalue weighted by Crippen LogP contribution is -2.10. The van der Waals surface area contributed by atoms with E-state index >= 15 is 0 Å². The van der Waals surface area contributed by atoms with Crippen LogP contribution >= 0.6 is 11.3 Å². The van der Waals surface area contributed by atoms with Gasteiger partial charge in [-0.3, -0.25) is 4.79 Å². The van der Waals surface area contributed by atoms with Crippen molar-refractivity contribution in [3.8, 4) is 5.75 Å². The fourth-order valence-electron chi connectivity index (χ4n) is 1.31. The molecule has 0 saturated heterocycles. The Labute approximate surface area is 109 Å². The Morgan fingerprint density at radius 3 is 2.58 bits per heavy atom. The van der Waals surface area contributed by atoms with Crippen LogP contribution in [0.5, 0.6) is 5.75 Å². The third-order valence-corrected chi connectivity index (χ3v) is 3.09. The first-order valence-electron chi connectivity index (χ1n) is 5.00. The number of hydrogen-bond acceptors (Lipinski definition) is 4. The molecule has 19 heavy (non-hydrogen) atoms. The average molecular weight is 288 g/mol. The van der Waals surface area contributed by atoms with Crippen molar-refractivity contribution in [2.45, 2.75) is 6.18 Å². The van der Waals surface area contributed by atoms with Crippen molar-refractivity contribution in [1.29, 1.82) is 0 Å². The molecule has 0 aliphatic heterocycles. The van der Waals surface area contributed by atoms with Gasteiger partial charge in [-0.15, -0.1) is 0 Å². The van der Waals surface area contributed by atoms with E-state index in [1.54, 1.807) is 0 Å². The fourth-order valence-corrected chi connectivity index (χ4v) is 1.99. The number of aromatic hydroxyl groups is 1. The molecule has 100 valence electrons. The van der Waals surface area contributed by atoms with Crippen molar-refractivity contribution in [2.24, 2.45) is 0 Å². The van der Waals surface area contributed by atoms with Crippen molar-refractivity contribution in [3.05, 3.63) is 41.0 Å². The smallest absolute Gasteiger partial charge is 0.443 e. The first-order chi connectivity index (χ1) is 8.88. The summed E-state index contributed by atoms with van der Waals surface area (Å²) in [6.45, 7) is 0. The number of alkyl halides is 3. The van der Waals surface area contributed by atoms with Gasteiger partial charge in [0.2, 0.25) is 0 Å². The predicted octanol–water partition coefficient (Wildman–Crippen LogP) is 3.12. The van der Waals surface area contributed by atoms with Crippen molar-refractivity contribution >= 4 is 22.2 Å². The van der Waals surface area contributed by atoms with Gasteiger partial charge in [-0.05, 0) is 12.1 Å². The number of carbonyl (C=O) groups excluding carboxylic acids is 1. The molecule has 2 aromatic rings. The zero-order valence-electron chi connectivity index (χ0n) is 9.23. The van der Waals surface area contributed by atoms with Gasteiger partial charge in [0.1, 0.15) is 10.8 Å². The van der Waals surface area contributed by atoms with Crippen LogP contribution in [0.4, 0.5) is 18.2 Å². The number of para-hydroxylation sites is 1. The lowest BCUT2D eigenvalue weighted by molar-refractivity contribution is -0.137. The molecule has 0 bridgehead atoms. The minimum absolute atomic E-state index is 0.0236. The summed E-state index contributed by atoms with van der Waals surface area (Å²) in [6.07, 6.45) is -3.62. The van der Waals surface area contributed by atoms with E-state index in [2.05, 4.69) is 10.3 Å². The summed E-state index contributed by atoms with van der Waals surface area (Å²) in [5, 5.41) is 10.6. The topological polar surface area (TPSA) is 62.2 Å². The Bertz CT molecular complexity index is 610. The minimum Gasteiger partial charge on any atom is -0.507 e. The van der Waals surface area contributed by atoms with Gasteiger partial charge in [0.25, 0.3) is 5.91 Å². The molecule has 1 aromatic heterocycles. The summed E-state index contributed by atoms with van der Waals surface area (Å²) >= 11 is 0.319. The molecule has 0 radical (unpaired) electrons. The number of hydrogen-bond donors (Lipinski definition) is 2. The predicted molar refractivity (Wildman–Crippen MR) is 63.2 cm³/mol. The average Bonchev–Trinajstić information content (AvgIpc) is 2.77. The fraction of sp³-hybridized carbons (Fsp3) is 0.0909. The summed E-state index contributed by atoms with van der Waals surface area (Å²) in [6, 6.07) is 5.72. The van der Waals surface area contributed by atoms with Crippen LogP contribution in [0, 0.1) is 0 Å². The van der Waals surface area contributed by atoms with E-state index in [4.69, 9.17) is 0 Å². The van der Waals surface area contributed by atoms with Gasteiger partial charge < -0.3 is 10.4 Å². The molecule has 0 atom stereocenters. The van der Waals surface area contributed by atoms with Crippen molar-refractivity contribution < 1.29 is 23.1 Å². The van der Waals surface area contributed by atoms with Crippen LogP contribution in [0.25, 0.3) is 0 Å². The Balaban J connectivity index is 2.16. The maximum atomic E-state index is 12.3. The third-order valence-electron chi connectivity index (χ3n) is 2.13. The Morgan fingerprint density at radius 1 is 1.32 bits per heavy atom. The first-order valence-corrected chi connectivity index (χ1v) is 5.82. The van der Waals surface area contributed by atoms with Crippen LogP contribution in [0.1, 0.15) is 15.4 Å². The standard InChI is InChI=1S/C11H7F3N2O2S/c12-11(13,14)10-15-5-8(19-10)16-9(18)6-3-1-2-4-7(6)17/h1-5,17H,(H,16,18). The molecule has 0 aliphatic rings. The second-order valence-electron chi connectivity index (χ2n) is 3.50. The Hall–Kier alpha value is -2.09. The van der Waals surface area contributed by atoms with Crippen LogP contribution in [0.2, 0.25) is 0 Å². The van der Waals surface area contributed by atoms with Gasteiger partial charge >= 0.3 is 6.18 Å². The Morgan fingerprint density at radius 2 is 2.00 bits per heavy atom. The second-order valence-corrected chi connectivity index (χ2v) is 4.53. The molecule has 1 heterocycles. The number of halogens is 3. The molecule has 1 amide bonds. The van der Waals surface area contributed by atoms with E-state index in [1.165, 1.54) is 24.3 Å². The van der Waals surface area contributed by atoms with E-state index in [-0.39, 0.29) is 16.3 Å². The number of nitrogens with zero attached hydrogens (tertiary/aromatic N) is 1. The zero-order chi connectivity index (χ0) is 14.0. The SMILES string of the molecule is O=C(Nc1cnc(C(F)(F)F)s1)c1ccccc1O. The second kappa shape index (κ2) is 4.88. The number of amides is 1. The van der Waals surface area contributed by atoms with Gasteiger partial charge in [-0.25, -0.2) is 4.98 Å². The number of rotatable bonds is 2. The number of phenols is 1.